The number of rotatable bonds is 6. The summed E-state index contributed by atoms with van der Waals surface area (Å²) in [6.07, 6.45) is 0.891. The molecule has 0 saturated heterocycles. The Kier molecular flexibility index (Phi) is 6.71. The Bertz CT molecular complexity index is 756. The number of ether oxygens (including phenoxy) is 3. The van der Waals surface area contributed by atoms with E-state index < -0.39 is 6.16 Å². The number of hydrogen-bond donors (Lipinski definition) is 0. The second-order valence-corrected chi connectivity index (χ2v) is 6.06. The van der Waals surface area contributed by atoms with Crippen LogP contribution in [-0.2, 0) is 24.2 Å². The molecule has 4 nitrogen and oxygen atoms in total. The van der Waals surface area contributed by atoms with Crippen LogP contribution in [0.15, 0.2) is 30.3 Å². The summed E-state index contributed by atoms with van der Waals surface area (Å²) in [4.78, 5) is 11.5. The SMILES string of the molecule is CCc1cc(C)c(Cl)cc1OCc1c(CC)cccc1OC(=O)OC. The van der Waals surface area contributed by atoms with Crippen LogP contribution < -0.4 is 9.47 Å². The Morgan fingerprint density at radius 3 is 2.44 bits per heavy atom. The molecule has 0 aliphatic heterocycles. The normalized spacial score (nSPS) is 10.4. The Labute approximate surface area is 153 Å². The molecular weight excluding hydrogens is 340 g/mol. The molecule has 0 aliphatic carbocycles. The minimum absolute atomic E-state index is 0.280. The van der Waals surface area contributed by atoms with Gasteiger partial charge in [-0.3, -0.25) is 0 Å². The Hall–Kier alpha value is -2.20. The van der Waals surface area contributed by atoms with Crippen LogP contribution in [0.25, 0.3) is 0 Å². The molecule has 0 bridgehead atoms. The molecule has 0 spiro atoms. The third-order valence-electron chi connectivity index (χ3n) is 4.07. The fourth-order valence-corrected chi connectivity index (χ4v) is 2.77. The molecule has 0 radical (unpaired) electrons. The minimum atomic E-state index is -0.748. The molecule has 0 amide bonds. The third kappa shape index (κ3) is 4.67. The average Bonchev–Trinajstić information content (AvgIpc) is 2.62. The van der Waals surface area contributed by atoms with Gasteiger partial charge in [-0.25, -0.2) is 4.79 Å². The number of methoxy groups -OCH3 is 1. The number of carbonyl (C=O) groups is 1. The van der Waals surface area contributed by atoms with Crippen molar-refractivity contribution in [2.45, 2.75) is 40.2 Å². The van der Waals surface area contributed by atoms with Gasteiger partial charge < -0.3 is 14.2 Å². The number of halogens is 1. The summed E-state index contributed by atoms with van der Waals surface area (Å²) >= 11 is 6.24. The molecule has 0 heterocycles. The van der Waals surface area contributed by atoms with E-state index in [-0.39, 0.29) is 6.61 Å². The molecule has 0 aromatic heterocycles. The molecule has 0 saturated carbocycles. The second-order valence-electron chi connectivity index (χ2n) is 5.65. The molecule has 2 aromatic rings. The van der Waals surface area contributed by atoms with Crippen molar-refractivity contribution < 1.29 is 19.0 Å². The fourth-order valence-electron chi connectivity index (χ4n) is 2.62. The second kappa shape index (κ2) is 8.77. The molecule has 0 fully saturated rings. The number of carbonyl (C=O) groups excluding carboxylic acids is 1. The van der Waals surface area contributed by atoms with Gasteiger partial charge in [-0.15, -0.1) is 0 Å². The van der Waals surface area contributed by atoms with Crippen LogP contribution in [0.4, 0.5) is 4.79 Å². The maximum atomic E-state index is 11.5. The van der Waals surface area contributed by atoms with Gasteiger partial charge in [0.2, 0.25) is 0 Å². The zero-order valence-corrected chi connectivity index (χ0v) is 15.8. The summed E-state index contributed by atoms with van der Waals surface area (Å²) in [6.45, 7) is 6.37. The smallest absolute Gasteiger partial charge is 0.488 e. The number of hydrogen-bond acceptors (Lipinski definition) is 4. The molecular formula is C20H23ClO4. The van der Waals surface area contributed by atoms with Crippen molar-refractivity contribution in [3.05, 3.63) is 57.6 Å². The van der Waals surface area contributed by atoms with Crippen LogP contribution in [0.2, 0.25) is 5.02 Å². The molecule has 0 atom stereocenters. The molecule has 5 heteroatoms. The topological polar surface area (TPSA) is 44.8 Å². The van der Waals surface area contributed by atoms with E-state index in [1.165, 1.54) is 7.11 Å². The number of benzene rings is 2. The molecule has 0 aliphatic rings. The van der Waals surface area contributed by atoms with E-state index in [1.807, 2.05) is 38.1 Å². The molecule has 0 unspecified atom stereocenters. The first-order chi connectivity index (χ1) is 12.0. The van der Waals surface area contributed by atoms with Gasteiger partial charge in [0, 0.05) is 10.6 Å². The van der Waals surface area contributed by atoms with Gasteiger partial charge in [0.1, 0.15) is 18.1 Å². The highest BCUT2D eigenvalue weighted by atomic mass is 35.5. The van der Waals surface area contributed by atoms with Crippen molar-refractivity contribution >= 4 is 17.8 Å². The van der Waals surface area contributed by atoms with Crippen LogP contribution in [0.3, 0.4) is 0 Å². The van der Waals surface area contributed by atoms with E-state index in [2.05, 4.69) is 11.7 Å². The average molecular weight is 363 g/mol. The van der Waals surface area contributed by atoms with E-state index in [0.717, 1.165) is 40.8 Å². The zero-order valence-electron chi connectivity index (χ0n) is 15.0. The Balaban J connectivity index is 2.31. The lowest BCUT2D eigenvalue weighted by atomic mass is 10.0. The summed E-state index contributed by atoms with van der Waals surface area (Å²) in [6, 6.07) is 9.45. The predicted octanol–water partition coefficient (Wildman–Crippen LogP) is 5.50. The summed E-state index contributed by atoms with van der Waals surface area (Å²) in [5.74, 6) is 1.19. The lowest BCUT2D eigenvalue weighted by Crippen LogP contribution is -2.11. The van der Waals surface area contributed by atoms with Crippen LogP contribution in [-0.4, -0.2) is 13.3 Å². The van der Waals surface area contributed by atoms with Crippen LogP contribution in [0, 0.1) is 6.92 Å². The van der Waals surface area contributed by atoms with Crippen LogP contribution >= 0.6 is 11.6 Å². The van der Waals surface area contributed by atoms with Gasteiger partial charge in [0.25, 0.3) is 0 Å². The molecule has 2 rings (SSSR count). The molecule has 25 heavy (non-hydrogen) atoms. The van der Waals surface area contributed by atoms with Crippen molar-refractivity contribution in [1.29, 1.82) is 0 Å². The van der Waals surface area contributed by atoms with E-state index in [9.17, 15) is 4.79 Å². The highest BCUT2D eigenvalue weighted by molar-refractivity contribution is 6.31. The van der Waals surface area contributed by atoms with Crippen molar-refractivity contribution in [2.75, 3.05) is 7.11 Å². The maximum absolute atomic E-state index is 11.5. The van der Waals surface area contributed by atoms with Crippen molar-refractivity contribution in [3.8, 4) is 11.5 Å². The maximum Gasteiger partial charge on any atom is 0.513 e. The molecule has 2 aromatic carbocycles. The first kappa shape index (κ1) is 19.1. The largest absolute Gasteiger partial charge is 0.513 e. The van der Waals surface area contributed by atoms with Gasteiger partial charge in [-0.2, -0.15) is 0 Å². The lowest BCUT2D eigenvalue weighted by Gasteiger charge is -2.16. The van der Waals surface area contributed by atoms with E-state index in [0.29, 0.717) is 10.8 Å². The first-order valence-electron chi connectivity index (χ1n) is 8.28. The van der Waals surface area contributed by atoms with Crippen molar-refractivity contribution in [2.24, 2.45) is 0 Å². The zero-order chi connectivity index (χ0) is 18.4. The molecule has 134 valence electrons. The van der Waals surface area contributed by atoms with E-state index >= 15 is 0 Å². The van der Waals surface area contributed by atoms with Crippen molar-refractivity contribution in [1.82, 2.24) is 0 Å². The van der Waals surface area contributed by atoms with Gasteiger partial charge in [-0.05, 0) is 48.6 Å². The van der Waals surface area contributed by atoms with Gasteiger partial charge in [0.05, 0.1) is 7.11 Å². The minimum Gasteiger partial charge on any atom is -0.488 e. The fraction of sp³-hybridized carbons (Fsp3) is 0.350. The third-order valence-corrected chi connectivity index (χ3v) is 4.47. The molecule has 0 N–H and O–H groups in total. The standard InChI is InChI=1S/C20H23ClO4/c1-5-14-8-7-9-18(25-20(22)23-4)16(14)12-24-19-11-17(21)13(3)10-15(19)6-2/h7-11H,5-6,12H2,1-4H3. The van der Waals surface area contributed by atoms with Gasteiger partial charge in [-0.1, -0.05) is 43.6 Å². The van der Waals surface area contributed by atoms with Crippen LogP contribution in [0.1, 0.15) is 36.1 Å². The van der Waals surface area contributed by atoms with Gasteiger partial charge in [0.15, 0.2) is 0 Å². The van der Waals surface area contributed by atoms with Gasteiger partial charge >= 0.3 is 6.16 Å². The summed E-state index contributed by atoms with van der Waals surface area (Å²) in [5, 5.41) is 0.669. The highest BCUT2D eigenvalue weighted by Crippen LogP contribution is 2.30. The summed E-state index contributed by atoms with van der Waals surface area (Å²) in [7, 11) is 1.28. The Morgan fingerprint density at radius 2 is 1.80 bits per heavy atom. The number of aryl methyl sites for hydroxylation is 3. The van der Waals surface area contributed by atoms with Crippen molar-refractivity contribution in [3.63, 3.8) is 0 Å². The van der Waals surface area contributed by atoms with E-state index in [1.54, 1.807) is 6.07 Å². The Morgan fingerprint density at radius 1 is 1.08 bits per heavy atom. The highest BCUT2D eigenvalue weighted by Gasteiger charge is 2.14. The summed E-state index contributed by atoms with van der Waals surface area (Å²) in [5.41, 5.74) is 3.99. The first-order valence-corrected chi connectivity index (χ1v) is 8.66. The predicted molar refractivity (Wildman–Crippen MR) is 98.8 cm³/mol. The van der Waals surface area contributed by atoms with Crippen LogP contribution in [0.5, 0.6) is 11.5 Å². The monoisotopic (exact) mass is 362 g/mol. The summed E-state index contributed by atoms with van der Waals surface area (Å²) < 4.78 is 15.9. The van der Waals surface area contributed by atoms with E-state index in [4.69, 9.17) is 21.1 Å². The quantitative estimate of drug-likeness (QED) is 0.503. The lowest BCUT2D eigenvalue weighted by molar-refractivity contribution is 0.120.